The molecule has 0 aliphatic rings. The van der Waals surface area contributed by atoms with E-state index in [0.717, 1.165) is 36.4 Å². The molecule has 1 aromatic heterocycles. The molecule has 0 spiro atoms. The van der Waals surface area contributed by atoms with Crippen LogP contribution in [0.15, 0.2) is 71.5 Å². The quantitative estimate of drug-likeness (QED) is 0.0723. The number of aromatic nitrogens is 1. The fraction of sp³-hybridized carbons (Fsp3) is 0.167. The lowest BCUT2D eigenvalue weighted by Gasteiger charge is -2.13. The van der Waals surface area contributed by atoms with Crippen LogP contribution in [0.5, 0.6) is 23.3 Å². The van der Waals surface area contributed by atoms with Crippen LogP contribution in [0, 0.1) is 0 Å². The van der Waals surface area contributed by atoms with Gasteiger partial charge in [0.15, 0.2) is 0 Å². The number of alkyl halides is 6. The highest BCUT2D eigenvalue weighted by Crippen LogP contribution is 2.36. The van der Waals surface area contributed by atoms with E-state index in [9.17, 15) is 31.1 Å². The maximum Gasteiger partial charge on any atom is 0.416 e. The van der Waals surface area contributed by atoms with E-state index in [1.165, 1.54) is 31.2 Å². The molecule has 0 saturated heterocycles. The number of halogens is 6. The summed E-state index contributed by atoms with van der Waals surface area (Å²) in [5.74, 6) is -2.24. The minimum absolute atomic E-state index is 0.0470. The van der Waals surface area contributed by atoms with E-state index in [-0.39, 0.29) is 29.5 Å². The zero-order chi connectivity index (χ0) is 27.9. The lowest BCUT2D eigenvalue weighted by molar-refractivity contribution is -0.139. The fourth-order valence-electron chi connectivity index (χ4n) is 2.92. The number of pyridine rings is 1. The number of rotatable bonds is 8. The third kappa shape index (κ3) is 7.40. The van der Waals surface area contributed by atoms with Gasteiger partial charge in [0.25, 0.3) is 0 Å². The van der Waals surface area contributed by atoms with Crippen molar-refractivity contribution in [2.75, 3.05) is 6.61 Å². The van der Waals surface area contributed by atoms with Crippen LogP contribution in [0.4, 0.5) is 26.3 Å². The Labute approximate surface area is 210 Å². The predicted octanol–water partition coefficient (Wildman–Crippen LogP) is 7.92. The molecule has 1 heterocycles. The van der Waals surface area contributed by atoms with Gasteiger partial charge in [-0.1, -0.05) is 17.2 Å². The summed E-state index contributed by atoms with van der Waals surface area (Å²) in [6, 6.07) is 10.1. The molecular formula is C24H16F6N4O4. The van der Waals surface area contributed by atoms with Gasteiger partial charge >= 0.3 is 18.3 Å². The van der Waals surface area contributed by atoms with E-state index in [2.05, 4.69) is 15.0 Å². The molecule has 0 N–H and O–H groups in total. The lowest BCUT2D eigenvalue weighted by atomic mass is 10.2. The molecule has 0 saturated carbocycles. The third-order valence-electron chi connectivity index (χ3n) is 4.55. The van der Waals surface area contributed by atoms with Gasteiger partial charge in [-0.3, -0.25) is 0 Å². The normalized spacial score (nSPS) is 11.9. The van der Waals surface area contributed by atoms with Crippen LogP contribution in [0.2, 0.25) is 0 Å². The number of nitrogens with zero attached hydrogens (tertiary/aromatic N) is 4. The van der Waals surface area contributed by atoms with Gasteiger partial charge in [-0.05, 0) is 61.0 Å². The van der Waals surface area contributed by atoms with E-state index in [1.54, 1.807) is 0 Å². The van der Waals surface area contributed by atoms with Gasteiger partial charge in [-0.15, -0.1) is 0 Å². The molecular weight excluding hydrogens is 522 g/mol. The minimum atomic E-state index is -4.68. The van der Waals surface area contributed by atoms with Gasteiger partial charge in [0.05, 0.1) is 17.7 Å². The second-order valence-electron chi connectivity index (χ2n) is 7.24. The van der Waals surface area contributed by atoms with Crippen molar-refractivity contribution in [1.29, 1.82) is 0 Å². The molecule has 3 aromatic rings. The van der Waals surface area contributed by atoms with Gasteiger partial charge in [-0.25, -0.2) is 4.79 Å². The highest BCUT2D eigenvalue weighted by atomic mass is 19.4. The number of hydrogen-bond donors (Lipinski definition) is 0. The monoisotopic (exact) mass is 538 g/mol. The summed E-state index contributed by atoms with van der Waals surface area (Å²) in [5.41, 5.74) is 6.22. The molecule has 38 heavy (non-hydrogen) atoms. The molecule has 14 heteroatoms. The Balaban J connectivity index is 2.07. The summed E-state index contributed by atoms with van der Waals surface area (Å²) in [6.07, 6.45) is -8.30. The SMILES string of the molecule is CCOC(=O)C(=Cc1ccc(Oc2cccc(C(F)(F)F)c2)nc1Oc1cccc(C(F)(F)F)c1)N=[N+]=[N-]. The van der Waals surface area contributed by atoms with Gasteiger partial charge in [0.2, 0.25) is 11.8 Å². The van der Waals surface area contributed by atoms with Crippen LogP contribution in [-0.4, -0.2) is 17.6 Å². The summed E-state index contributed by atoms with van der Waals surface area (Å²) >= 11 is 0. The van der Waals surface area contributed by atoms with E-state index >= 15 is 0 Å². The van der Waals surface area contributed by atoms with Gasteiger partial charge in [0, 0.05) is 16.5 Å². The Kier molecular flexibility index (Phi) is 8.48. The maximum atomic E-state index is 13.1. The molecule has 3 rings (SSSR count). The number of azide groups is 1. The Bertz CT molecular complexity index is 1400. The summed E-state index contributed by atoms with van der Waals surface area (Å²) in [5, 5.41) is 3.25. The van der Waals surface area contributed by atoms with Crippen LogP contribution in [0.3, 0.4) is 0 Å². The molecule has 0 amide bonds. The topological polar surface area (TPSA) is 106 Å². The van der Waals surface area contributed by atoms with Crippen LogP contribution >= 0.6 is 0 Å². The molecule has 0 atom stereocenters. The predicted molar refractivity (Wildman–Crippen MR) is 121 cm³/mol. The highest BCUT2D eigenvalue weighted by molar-refractivity contribution is 5.93. The Morgan fingerprint density at radius 3 is 2.05 bits per heavy atom. The molecule has 198 valence electrons. The van der Waals surface area contributed by atoms with E-state index < -0.39 is 41.0 Å². The summed E-state index contributed by atoms with van der Waals surface area (Å²) in [7, 11) is 0. The maximum absolute atomic E-state index is 13.1. The van der Waals surface area contributed by atoms with Gasteiger partial charge in [-0.2, -0.15) is 31.3 Å². The second-order valence-corrected chi connectivity index (χ2v) is 7.24. The number of ether oxygens (including phenoxy) is 3. The van der Waals surface area contributed by atoms with Crippen molar-refractivity contribution in [3.05, 3.63) is 93.5 Å². The van der Waals surface area contributed by atoms with Crippen LogP contribution < -0.4 is 9.47 Å². The number of esters is 1. The molecule has 0 radical (unpaired) electrons. The number of carbonyl (C=O) groups is 1. The number of benzene rings is 2. The van der Waals surface area contributed by atoms with Crippen molar-refractivity contribution >= 4 is 12.0 Å². The average molecular weight is 538 g/mol. The van der Waals surface area contributed by atoms with Crippen molar-refractivity contribution in [1.82, 2.24) is 4.98 Å². The summed E-state index contributed by atoms with van der Waals surface area (Å²) in [6.45, 7) is 1.46. The first-order valence-electron chi connectivity index (χ1n) is 10.6. The van der Waals surface area contributed by atoms with E-state index in [1.807, 2.05) is 0 Å². The van der Waals surface area contributed by atoms with Crippen LogP contribution in [0.25, 0.3) is 16.5 Å². The van der Waals surface area contributed by atoms with Crippen LogP contribution in [-0.2, 0) is 21.9 Å². The van der Waals surface area contributed by atoms with Crippen molar-refractivity contribution in [3.63, 3.8) is 0 Å². The minimum Gasteiger partial charge on any atom is -0.462 e. The molecule has 0 fully saturated rings. The molecule has 0 bridgehead atoms. The summed E-state index contributed by atoms with van der Waals surface area (Å²) < 4.78 is 94.3. The molecule has 0 unspecified atom stereocenters. The molecule has 8 nitrogen and oxygen atoms in total. The first-order chi connectivity index (χ1) is 17.9. The Morgan fingerprint density at radius 2 is 1.53 bits per heavy atom. The standard InChI is InChI=1S/C24H16F6N4O4/c1-2-36-22(35)19(33-34-31)11-14-9-10-20(37-17-7-3-5-15(12-17)23(25,26)27)32-21(14)38-18-8-4-6-16(13-18)24(28,29)30/h3-13H,2H2,1H3. The molecule has 0 aliphatic heterocycles. The Hall–Kier alpha value is -4.71. The fourth-order valence-corrected chi connectivity index (χ4v) is 2.92. The summed E-state index contributed by atoms with van der Waals surface area (Å²) in [4.78, 5) is 18.7. The zero-order valence-corrected chi connectivity index (χ0v) is 19.2. The number of hydrogen-bond acceptors (Lipinski definition) is 6. The van der Waals surface area contributed by atoms with Gasteiger partial charge in [0.1, 0.15) is 17.2 Å². The molecule has 2 aromatic carbocycles. The zero-order valence-electron chi connectivity index (χ0n) is 19.2. The largest absolute Gasteiger partial charge is 0.462 e. The Morgan fingerprint density at radius 1 is 0.947 bits per heavy atom. The second kappa shape index (κ2) is 11.6. The first kappa shape index (κ1) is 27.9. The lowest BCUT2D eigenvalue weighted by Crippen LogP contribution is -2.06. The first-order valence-corrected chi connectivity index (χ1v) is 10.6. The average Bonchev–Trinajstić information content (AvgIpc) is 2.84. The molecule has 0 aliphatic carbocycles. The van der Waals surface area contributed by atoms with E-state index in [0.29, 0.717) is 6.07 Å². The van der Waals surface area contributed by atoms with Crippen molar-refractivity contribution in [3.8, 4) is 23.3 Å². The number of carbonyl (C=O) groups excluding carboxylic acids is 1. The highest BCUT2D eigenvalue weighted by Gasteiger charge is 2.31. The van der Waals surface area contributed by atoms with Crippen LogP contribution in [0.1, 0.15) is 23.6 Å². The van der Waals surface area contributed by atoms with Crippen molar-refractivity contribution in [2.24, 2.45) is 5.11 Å². The van der Waals surface area contributed by atoms with Crippen molar-refractivity contribution < 1.29 is 45.3 Å². The van der Waals surface area contributed by atoms with E-state index in [4.69, 9.17) is 19.7 Å². The van der Waals surface area contributed by atoms with Crippen molar-refractivity contribution in [2.45, 2.75) is 19.3 Å². The van der Waals surface area contributed by atoms with Gasteiger partial charge < -0.3 is 14.2 Å². The smallest absolute Gasteiger partial charge is 0.416 e. The third-order valence-corrected chi connectivity index (χ3v) is 4.55.